The number of rotatable bonds is 0. The van der Waals surface area contributed by atoms with E-state index in [0.29, 0.717) is 12.8 Å². The van der Waals surface area contributed by atoms with E-state index in [1.54, 1.807) is 6.92 Å². The van der Waals surface area contributed by atoms with Gasteiger partial charge in [0.1, 0.15) is 11.8 Å². The minimum atomic E-state index is -1.14. The van der Waals surface area contributed by atoms with Crippen LogP contribution in [0.1, 0.15) is 33.6 Å². The first-order valence-electron chi connectivity index (χ1n) is 5.32. The highest BCUT2D eigenvalue weighted by molar-refractivity contribution is 5.31. The lowest BCUT2D eigenvalue weighted by atomic mass is 9.77. The lowest BCUT2D eigenvalue weighted by molar-refractivity contribution is -0.00948. The minimum Gasteiger partial charge on any atom is -0.371 e. The summed E-state index contributed by atoms with van der Waals surface area (Å²) in [6.45, 7) is 5.48. The van der Waals surface area contributed by atoms with E-state index in [-0.39, 0.29) is 12.2 Å². The van der Waals surface area contributed by atoms with Crippen molar-refractivity contribution in [1.82, 2.24) is 0 Å². The maximum absolute atomic E-state index is 14.1. The molecule has 0 amide bonds. The molecular formula is C11H16F2O. The van der Waals surface area contributed by atoms with E-state index in [9.17, 15) is 8.78 Å². The topological polar surface area (TPSA) is 9.23 Å². The molecular weight excluding hydrogens is 186 g/mol. The average Bonchev–Trinajstić information content (AvgIpc) is 2.46. The van der Waals surface area contributed by atoms with Crippen molar-refractivity contribution in [1.29, 1.82) is 0 Å². The number of hydrogen-bond acceptors (Lipinski definition) is 1. The second-order valence-electron chi connectivity index (χ2n) is 5.87. The van der Waals surface area contributed by atoms with Gasteiger partial charge in [-0.1, -0.05) is 13.8 Å². The highest BCUT2D eigenvalue weighted by atomic mass is 19.1. The zero-order valence-electron chi connectivity index (χ0n) is 8.81. The van der Waals surface area contributed by atoms with Crippen LogP contribution in [0.2, 0.25) is 0 Å². The zero-order valence-corrected chi connectivity index (χ0v) is 8.81. The summed E-state index contributed by atoms with van der Waals surface area (Å²) in [6.07, 6.45) is -0.700. The van der Waals surface area contributed by atoms with Crippen molar-refractivity contribution in [2.24, 2.45) is 10.8 Å². The Balaban J connectivity index is 2.02. The summed E-state index contributed by atoms with van der Waals surface area (Å²) in [6, 6.07) is 0. The van der Waals surface area contributed by atoms with Gasteiger partial charge < -0.3 is 4.74 Å². The van der Waals surface area contributed by atoms with Gasteiger partial charge in [0.25, 0.3) is 0 Å². The predicted octanol–water partition coefficient (Wildman–Crippen LogP) is 2.64. The van der Waals surface area contributed by atoms with Gasteiger partial charge in [0, 0.05) is 10.8 Å². The summed E-state index contributed by atoms with van der Waals surface area (Å²) >= 11 is 0. The third-order valence-electron chi connectivity index (χ3n) is 4.78. The van der Waals surface area contributed by atoms with Crippen molar-refractivity contribution in [3.8, 4) is 0 Å². The van der Waals surface area contributed by atoms with Crippen molar-refractivity contribution in [3.63, 3.8) is 0 Å². The lowest BCUT2D eigenvalue weighted by Crippen LogP contribution is -2.35. The number of halogens is 2. The molecule has 0 aromatic heterocycles. The number of hydrogen-bond donors (Lipinski definition) is 0. The van der Waals surface area contributed by atoms with Gasteiger partial charge in [0.05, 0.1) is 12.2 Å². The maximum Gasteiger partial charge on any atom is 0.134 e. The third-order valence-corrected chi connectivity index (χ3v) is 4.78. The molecule has 2 aliphatic carbocycles. The summed E-state index contributed by atoms with van der Waals surface area (Å²) in [5, 5.41) is 0. The van der Waals surface area contributed by atoms with E-state index < -0.39 is 22.7 Å². The van der Waals surface area contributed by atoms with E-state index in [4.69, 9.17) is 4.74 Å². The SMILES string of the molecule is C[C@@H]1O[C@H]2[C@](C)(C[C@]3(F)C[C@]23C)[C@@H]1F. The summed E-state index contributed by atoms with van der Waals surface area (Å²) in [4.78, 5) is 0. The second kappa shape index (κ2) is 2.01. The first kappa shape index (κ1) is 9.08. The van der Waals surface area contributed by atoms with Crippen molar-refractivity contribution in [2.45, 2.75) is 57.7 Å². The molecule has 80 valence electrons. The molecule has 1 nitrogen and oxygen atoms in total. The summed E-state index contributed by atoms with van der Waals surface area (Å²) in [7, 11) is 0. The normalized spacial score (nSPS) is 70.5. The van der Waals surface area contributed by atoms with Crippen LogP contribution in [-0.2, 0) is 4.74 Å². The first-order valence-corrected chi connectivity index (χ1v) is 5.32. The molecule has 3 rings (SSSR count). The molecule has 6 atom stereocenters. The van der Waals surface area contributed by atoms with Gasteiger partial charge in [-0.3, -0.25) is 0 Å². The fourth-order valence-electron chi connectivity index (χ4n) is 3.92. The van der Waals surface area contributed by atoms with Crippen molar-refractivity contribution in [3.05, 3.63) is 0 Å². The molecule has 0 aromatic carbocycles. The summed E-state index contributed by atoms with van der Waals surface area (Å²) in [5.41, 5.74) is -2.13. The molecule has 14 heavy (non-hydrogen) atoms. The zero-order chi connectivity index (χ0) is 10.4. The highest BCUT2D eigenvalue weighted by Crippen LogP contribution is 2.77. The van der Waals surface area contributed by atoms with Gasteiger partial charge in [-0.2, -0.15) is 0 Å². The molecule has 3 fully saturated rings. The van der Waals surface area contributed by atoms with Crippen LogP contribution < -0.4 is 0 Å². The van der Waals surface area contributed by atoms with Gasteiger partial charge in [0.15, 0.2) is 0 Å². The monoisotopic (exact) mass is 202 g/mol. The molecule has 0 spiro atoms. The Morgan fingerprint density at radius 1 is 1.29 bits per heavy atom. The average molecular weight is 202 g/mol. The van der Waals surface area contributed by atoms with Gasteiger partial charge >= 0.3 is 0 Å². The van der Waals surface area contributed by atoms with Gasteiger partial charge in [0.2, 0.25) is 0 Å². The van der Waals surface area contributed by atoms with Crippen LogP contribution in [0.4, 0.5) is 8.78 Å². The Labute approximate surface area is 82.8 Å². The molecule has 0 bridgehead atoms. The van der Waals surface area contributed by atoms with E-state index in [2.05, 4.69) is 0 Å². The van der Waals surface area contributed by atoms with Gasteiger partial charge in [-0.25, -0.2) is 8.78 Å². The van der Waals surface area contributed by atoms with Gasteiger partial charge in [-0.05, 0) is 19.8 Å². The summed E-state index contributed by atoms with van der Waals surface area (Å²) < 4.78 is 33.6. The molecule has 0 aromatic rings. The highest BCUT2D eigenvalue weighted by Gasteiger charge is 2.83. The van der Waals surface area contributed by atoms with Crippen LogP contribution in [0.25, 0.3) is 0 Å². The Bertz CT molecular complexity index is 308. The standard InChI is InChI=1S/C11H16F2O/c1-6-7(12)9(2)4-11(13)5-10(11,3)8(9)14-6/h6-8H,4-5H2,1-3H3/t6-,7+,8-,9+,10+,11-/m0/s1. The largest absolute Gasteiger partial charge is 0.371 e. The minimum absolute atomic E-state index is 0.218. The molecule has 2 saturated carbocycles. The fraction of sp³-hybridized carbons (Fsp3) is 1.00. The lowest BCUT2D eigenvalue weighted by Gasteiger charge is -2.28. The molecule has 3 heteroatoms. The van der Waals surface area contributed by atoms with Crippen LogP contribution >= 0.6 is 0 Å². The Morgan fingerprint density at radius 2 is 1.93 bits per heavy atom. The number of alkyl halides is 2. The van der Waals surface area contributed by atoms with Crippen LogP contribution in [0.15, 0.2) is 0 Å². The number of ether oxygens (including phenoxy) is 1. The van der Waals surface area contributed by atoms with Crippen LogP contribution in [0.3, 0.4) is 0 Å². The smallest absolute Gasteiger partial charge is 0.134 e. The molecule has 3 aliphatic rings. The molecule has 0 unspecified atom stereocenters. The van der Waals surface area contributed by atoms with E-state index in [1.165, 1.54) is 0 Å². The molecule has 1 saturated heterocycles. The van der Waals surface area contributed by atoms with E-state index in [1.807, 2.05) is 13.8 Å². The quantitative estimate of drug-likeness (QED) is 0.586. The van der Waals surface area contributed by atoms with Crippen LogP contribution in [-0.4, -0.2) is 24.0 Å². The third kappa shape index (κ3) is 0.689. The second-order valence-corrected chi connectivity index (χ2v) is 5.87. The van der Waals surface area contributed by atoms with Crippen molar-refractivity contribution in [2.75, 3.05) is 0 Å². The Kier molecular flexibility index (Phi) is 1.31. The molecule has 0 N–H and O–H groups in total. The van der Waals surface area contributed by atoms with Crippen molar-refractivity contribution < 1.29 is 13.5 Å². The van der Waals surface area contributed by atoms with Gasteiger partial charge in [-0.15, -0.1) is 0 Å². The van der Waals surface area contributed by atoms with E-state index in [0.717, 1.165) is 0 Å². The summed E-state index contributed by atoms with van der Waals surface area (Å²) in [5.74, 6) is 0. The maximum atomic E-state index is 14.1. The van der Waals surface area contributed by atoms with Crippen molar-refractivity contribution >= 4 is 0 Å². The van der Waals surface area contributed by atoms with Crippen LogP contribution in [0.5, 0.6) is 0 Å². The predicted molar refractivity (Wildman–Crippen MR) is 48.5 cm³/mol. The first-order chi connectivity index (χ1) is 6.33. The number of fused-ring (bicyclic) bond motifs is 3. The van der Waals surface area contributed by atoms with Crippen LogP contribution in [0, 0.1) is 10.8 Å². The molecule has 1 aliphatic heterocycles. The van der Waals surface area contributed by atoms with E-state index >= 15 is 0 Å². The molecule has 1 heterocycles. The Morgan fingerprint density at radius 3 is 2.50 bits per heavy atom. The Hall–Kier alpha value is -0.180. The fourth-order valence-corrected chi connectivity index (χ4v) is 3.92. The molecule has 0 radical (unpaired) electrons.